The van der Waals surface area contributed by atoms with Gasteiger partial charge in [0.05, 0.1) is 0 Å². The highest BCUT2D eigenvalue weighted by molar-refractivity contribution is 5.89. The molecule has 0 saturated carbocycles. The number of nitrogens with zero attached hydrogens (tertiary/aromatic N) is 1. The van der Waals surface area contributed by atoms with Crippen molar-refractivity contribution in [2.45, 2.75) is 90.6 Å². The number of benzene rings is 3. The predicted octanol–water partition coefficient (Wildman–Crippen LogP) is 7.56. The van der Waals surface area contributed by atoms with Gasteiger partial charge in [-0.25, -0.2) is 4.79 Å². The Bertz CT molecular complexity index is 1230. The van der Waals surface area contributed by atoms with Gasteiger partial charge < -0.3 is 15.7 Å². The lowest BCUT2D eigenvalue weighted by Gasteiger charge is -2.32. The molecule has 1 saturated heterocycles. The number of phenols is 1. The molecule has 0 unspecified atom stereocenters. The van der Waals surface area contributed by atoms with E-state index in [1.807, 2.05) is 18.2 Å². The van der Waals surface area contributed by atoms with E-state index in [0.29, 0.717) is 5.75 Å². The van der Waals surface area contributed by atoms with Gasteiger partial charge >= 0.3 is 6.03 Å². The molecule has 1 aliphatic heterocycles. The summed E-state index contributed by atoms with van der Waals surface area (Å²) in [5, 5.41) is 17.2. The summed E-state index contributed by atoms with van der Waals surface area (Å²) >= 11 is 0. The number of carbonyl (C=O) groups excluding carboxylic acids is 1. The van der Waals surface area contributed by atoms with Crippen molar-refractivity contribution in [1.29, 1.82) is 0 Å². The molecule has 5 nitrogen and oxygen atoms in total. The summed E-state index contributed by atoms with van der Waals surface area (Å²) in [7, 11) is 0. The Kier molecular flexibility index (Phi) is 9.25. The molecule has 2 amide bonds. The predicted molar refractivity (Wildman–Crippen MR) is 166 cm³/mol. The Hall–Kier alpha value is -3.31. The number of phenolic OH excluding ortho intramolecular Hbond substituents is 1. The van der Waals surface area contributed by atoms with E-state index in [-0.39, 0.29) is 22.9 Å². The molecule has 0 radical (unpaired) electrons. The third-order valence-electron chi connectivity index (χ3n) is 7.87. The second-order valence-corrected chi connectivity index (χ2v) is 13.4. The monoisotopic (exact) mass is 541 g/mol. The molecule has 0 aromatic heterocycles. The van der Waals surface area contributed by atoms with Crippen molar-refractivity contribution in [3.8, 4) is 5.75 Å². The second-order valence-electron chi connectivity index (χ2n) is 13.4. The van der Waals surface area contributed by atoms with Gasteiger partial charge in [0.15, 0.2) is 0 Å². The first-order chi connectivity index (χ1) is 18.9. The van der Waals surface area contributed by atoms with E-state index in [4.69, 9.17) is 0 Å². The van der Waals surface area contributed by atoms with E-state index in [1.54, 1.807) is 0 Å². The van der Waals surface area contributed by atoms with Crippen molar-refractivity contribution in [3.63, 3.8) is 0 Å². The molecule has 1 heterocycles. The summed E-state index contributed by atoms with van der Waals surface area (Å²) in [5.74, 6) is 0.426. The van der Waals surface area contributed by atoms with Crippen molar-refractivity contribution < 1.29 is 9.90 Å². The van der Waals surface area contributed by atoms with Gasteiger partial charge in [-0.1, -0.05) is 96.1 Å². The quantitative estimate of drug-likeness (QED) is 0.289. The van der Waals surface area contributed by atoms with Crippen molar-refractivity contribution in [3.05, 3.63) is 94.5 Å². The molecule has 3 N–H and O–H groups in total. The van der Waals surface area contributed by atoms with Crippen LogP contribution in [0.2, 0.25) is 0 Å². The van der Waals surface area contributed by atoms with Crippen molar-refractivity contribution in [2.24, 2.45) is 0 Å². The van der Waals surface area contributed by atoms with E-state index in [1.165, 1.54) is 16.7 Å². The fraction of sp³-hybridized carbons (Fsp3) is 0.457. The molecule has 0 aliphatic carbocycles. The highest BCUT2D eigenvalue weighted by atomic mass is 16.3. The van der Waals surface area contributed by atoms with Gasteiger partial charge in [-0.05, 0) is 76.5 Å². The first kappa shape index (κ1) is 29.7. The fourth-order valence-electron chi connectivity index (χ4n) is 5.46. The van der Waals surface area contributed by atoms with Crippen molar-refractivity contribution in [1.82, 2.24) is 10.2 Å². The molecule has 1 fully saturated rings. The standard InChI is InChI=1S/C35H47N3O2/c1-34(2,3)30-22-27(23-31(32(30)39)35(4,5)6)13-12-25-14-16-28(17-15-25)36-33(40)37-29-18-20-38(21-19-29)24-26-10-8-7-9-11-26/h7-11,14-17,22-23,29,39H,12-13,18-21,24H2,1-6H3,(H2,36,37,40). The minimum absolute atomic E-state index is 0.132. The molecule has 1 aliphatic rings. The zero-order valence-corrected chi connectivity index (χ0v) is 25.2. The number of carbonyl (C=O) groups is 1. The van der Waals surface area contributed by atoms with E-state index >= 15 is 0 Å². The average molecular weight is 542 g/mol. The fourth-order valence-corrected chi connectivity index (χ4v) is 5.46. The maximum Gasteiger partial charge on any atom is 0.319 e. The van der Waals surface area contributed by atoms with Crippen LogP contribution in [0.1, 0.15) is 82.2 Å². The molecule has 0 spiro atoms. The second kappa shape index (κ2) is 12.5. The molecule has 3 aromatic rings. The zero-order valence-electron chi connectivity index (χ0n) is 25.2. The topological polar surface area (TPSA) is 64.6 Å². The average Bonchev–Trinajstić information content (AvgIpc) is 2.89. The normalized spacial score (nSPS) is 15.2. The van der Waals surface area contributed by atoms with Gasteiger partial charge in [-0.2, -0.15) is 0 Å². The van der Waals surface area contributed by atoms with Gasteiger partial charge in [0, 0.05) is 31.4 Å². The number of piperidine rings is 1. The van der Waals surface area contributed by atoms with Crippen LogP contribution in [0.5, 0.6) is 5.75 Å². The van der Waals surface area contributed by atoms with Crippen LogP contribution in [0.15, 0.2) is 66.7 Å². The van der Waals surface area contributed by atoms with Crippen LogP contribution in [-0.2, 0) is 30.2 Å². The van der Waals surface area contributed by atoms with Crippen molar-refractivity contribution >= 4 is 11.7 Å². The van der Waals surface area contributed by atoms with E-state index < -0.39 is 0 Å². The first-order valence-electron chi connectivity index (χ1n) is 14.7. The molecule has 40 heavy (non-hydrogen) atoms. The molecule has 0 bridgehead atoms. The Morgan fingerprint density at radius 2 is 1.35 bits per heavy atom. The summed E-state index contributed by atoms with van der Waals surface area (Å²) in [6.45, 7) is 15.8. The number of amides is 2. The van der Waals surface area contributed by atoms with Crippen LogP contribution in [0.3, 0.4) is 0 Å². The minimum Gasteiger partial charge on any atom is -0.507 e. The molecule has 4 rings (SSSR count). The number of anilines is 1. The number of likely N-dealkylation sites (tertiary alicyclic amines) is 1. The number of hydrogen-bond donors (Lipinski definition) is 3. The zero-order chi connectivity index (χ0) is 28.9. The lowest BCUT2D eigenvalue weighted by molar-refractivity contribution is 0.190. The highest BCUT2D eigenvalue weighted by Gasteiger charge is 2.26. The first-order valence-corrected chi connectivity index (χ1v) is 14.7. The van der Waals surface area contributed by atoms with Gasteiger partial charge in [0.2, 0.25) is 0 Å². The van der Waals surface area contributed by atoms with Crippen molar-refractivity contribution in [2.75, 3.05) is 18.4 Å². The maximum atomic E-state index is 12.6. The lowest BCUT2D eigenvalue weighted by Crippen LogP contribution is -2.45. The number of nitrogens with one attached hydrogen (secondary N) is 2. The largest absolute Gasteiger partial charge is 0.507 e. The Labute approximate surface area is 241 Å². The van der Waals surface area contributed by atoms with E-state index in [9.17, 15) is 9.90 Å². The Morgan fingerprint density at radius 1 is 0.800 bits per heavy atom. The Morgan fingerprint density at radius 3 is 1.90 bits per heavy atom. The molecule has 214 valence electrons. The third kappa shape index (κ3) is 8.11. The van der Waals surface area contributed by atoms with Gasteiger partial charge in [0.25, 0.3) is 0 Å². The summed E-state index contributed by atoms with van der Waals surface area (Å²) in [6, 6.07) is 23.1. The molecular formula is C35H47N3O2. The third-order valence-corrected chi connectivity index (χ3v) is 7.87. The Balaban J connectivity index is 1.27. The number of aryl methyl sites for hydroxylation is 2. The highest BCUT2D eigenvalue weighted by Crippen LogP contribution is 2.40. The van der Waals surface area contributed by atoms with Crippen LogP contribution in [0.25, 0.3) is 0 Å². The SMILES string of the molecule is CC(C)(C)c1cc(CCc2ccc(NC(=O)NC3CCN(Cc4ccccc4)CC3)cc2)cc(C(C)(C)C)c1O. The van der Waals surface area contributed by atoms with Crippen LogP contribution in [0, 0.1) is 0 Å². The number of urea groups is 1. The van der Waals surface area contributed by atoms with Gasteiger partial charge in [0.1, 0.15) is 5.75 Å². The van der Waals surface area contributed by atoms with E-state index in [0.717, 1.165) is 62.1 Å². The molecule has 3 aromatic carbocycles. The number of aromatic hydroxyl groups is 1. The molecular weight excluding hydrogens is 494 g/mol. The van der Waals surface area contributed by atoms with E-state index in [2.05, 4.69) is 106 Å². The van der Waals surface area contributed by atoms with Crippen LogP contribution in [0.4, 0.5) is 10.5 Å². The smallest absolute Gasteiger partial charge is 0.319 e. The molecule has 5 heteroatoms. The minimum atomic E-state index is -0.136. The summed E-state index contributed by atoms with van der Waals surface area (Å²) < 4.78 is 0. The molecule has 0 atom stereocenters. The number of hydrogen-bond acceptors (Lipinski definition) is 3. The van der Waals surface area contributed by atoms with Crippen LogP contribution >= 0.6 is 0 Å². The maximum absolute atomic E-state index is 12.6. The summed E-state index contributed by atoms with van der Waals surface area (Å²) in [6.07, 6.45) is 3.71. The van der Waals surface area contributed by atoms with Gasteiger partial charge in [-0.3, -0.25) is 4.90 Å². The summed E-state index contributed by atoms with van der Waals surface area (Å²) in [4.78, 5) is 15.1. The van der Waals surface area contributed by atoms with Crippen LogP contribution in [-0.4, -0.2) is 35.2 Å². The summed E-state index contributed by atoms with van der Waals surface area (Å²) in [5.41, 5.74) is 6.34. The lowest BCUT2D eigenvalue weighted by atomic mass is 9.78. The van der Waals surface area contributed by atoms with Gasteiger partial charge in [-0.15, -0.1) is 0 Å². The van der Waals surface area contributed by atoms with Crippen LogP contribution < -0.4 is 10.6 Å². The number of rotatable bonds is 7.